The number of hydrogen-bond donors (Lipinski definition) is 1. The van der Waals surface area contributed by atoms with E-state index < -0.39 is 30.5 Å². The molecule has 0 saturated carbocycles. The number of likely N-dealkylation sites (N-methyl/N-ethyl adjacent to an activating group) is 1. The van der Waals surface area contributed by atoms with Crippen molar-refractivity contribution in [3.8, 4) is 11.4 Å². The lowest BCUT2D eigenvalue weighted by Gasteiger charge is -2.27. The molecular formula is C29H30N6O6. The number of rotatable bonds is 8. The van der Waals surface area contributed by atoms with E-state index in [1.807, 2.05) is 24.5 Å². The van der Waals surface area contributed by atoms with Gasteiger partial charge in [-0.05, 0) is 24.6 Å². The maximum Gasteiger partial charge on any atom is 0.352 e. The highest BCUT2D eigenvalue weighted by atomic mass is 16.6. The Morgan fingerprint density at radius 1 is 1.22 bits per heavy atom. The van der Waals surface area contributed by atoms with Gasteiger partial charge in [-0.1, -0.05) is 25.8 Å². The van der Waals surface area contributed by atoms with Crippen molar-refractivity contribution in [2.45, 2.75) is 45.4 Å². The first-order valence-electron chi connectivity index (χ1n) is 13.7. The first-order valence-corrected chi connectivity index (χ1v) is 13.7. The predicted molar refractivity (Wildman–Crippen MR) is 151 cm³/mol. The van der Waals surface area contributed by atoms with Gasteiger partial charge < -0.3 is 29.6 Å². The van der Waals surface area contributed by atoms with Crippen LogP contribution in [0, 0.1) is 0 Å². The molecule has 1 amide bonds. The zero-order valence-corrected chi connectivity index (χ0v) is 22.9. The van der Waals surface area contributed by atoms with Crippen LogP contribution in [0.3, 0.4) is 0 Å². The van der Waals surface area contributed by atoms with Crippen LogP contribution in [0.15, 0.2) is 34.1 Å². The Labute approximate surface area is 235 Å². The number of pyridine rings is 2. The van der Waals surface area contributed by atoms with Gasteiger partial charge >= 0.3 is 11.9 Å². The molecule has 0 fully saturated rings. The van der Waals surface area contributed by atoms with E-state index in [0.29, 0.717) is 17.9 Å². The minimum atomic E-state index is -1.45. The van der Waals surface area contributed by atoms with E-state index >= 15 is 0 Å². The van der Waals surface area contributed by atoms with Gasteiger partial charge in [-0.15, -0.1) is 0 Å². The Kier molecular flexibility index (Phi) is 6.78. The first-order chi connectivity index (χ1) is 19.8. The lowest BCUT2D eigenvalue weighted by molar-refractivity contribution is -0.172. The average Bonchev–Trinajstić information content (AvgIpc) is 3.34. The maximum absolute atomic E-state index is 13.8. The first kappa shape index (κ1) is 26.6. The third-order valence-corrected chi connectivity index (χ3v) is 7.75. The van der Waals surface area contributed by atoms with Crippen molar-refractivity contribution >= 4 is 46.5 Å². The molecule has 1 atom stereocenters. The van der Waals surface area contributed by atoms with Crippen molar-refractivity contribution in [1.29, 1.82) is 0 Å². The minimum absolute atomic E-state index is 0.231. The Morgan fingerprint density at radius 3 is 2.83 bits per heavy atom. The lowest BCUT2D eigenvalue weighted by Crippen LogP contribution is -2.39. The van der Waals surface area contributed by atoms with Crippen LogP contribution in [0.5, 0.6) is 0 Å². The predicted octanol–water partition coefficient (Wildman–Crippen LogP) is 2.15. The van der Waals surface area contributed by atoms with Crippen LogP contribution < -0.4 is 16.2 Å². The molecule has 0 saturated heterocycles. The number of cyclic esters (lactones) is 1. The zero-order chi connectivity index (χ0) is 28.8. The van der Waals surface area contributed by atoms with E-state index in [0.717, 1.165) is 58.5 Å². The zero-order valence-electron chi connectivity index (χ0n) is 22.9. The standard InChI is InChI=1S/C29H30N6O6/c1-3-4-5-9-34-15-31-19-7-6-8-20-24(19)26(34)17-12-35-21(25(17)32-20)10-16-18(28(35)38)14-40-29(39)27(16)41-23(37)13-33(2)22(36)11-30/h6-8,10,15,27H,3-5,9,11-14,30H2,1-2H3. The summed E-state index contributed by atoms with van der Waals surface area (Å²) in [5.41, 5.74) is 10.2. The Hall–Kier alpha value is -4.58. The number of amides is 1. The quantitative estimate of drug-likeness (QED) is 0.254. The molecule has 6 rings (SSSR count). The van der Waals surface area contributed by atoms with Crippen LogP contribution in [-0.2, 0) is 37.0 Å². The SMILES string of the molecule is CCCCCN1C=Nc2cccc3nc4c(c1c23)Cn1c-4cc2c(c1=O)COC(=O)C2OC(=O)CN(C)C(=O)CN. The number of benzene rings is 1. The summed E-state index contributed by atoms with van der Waals surface area (Å²) in [4.78, 5) is 63.9. The van der Waals surface area contributed by atoms with Crippen LogP contribution in [0.4, 0.5) is 11.4 Å². The molecule has 3 aromatic rings. The van der Waals surface area contributed by atoms with Gasteiger partial charge in [0, 0.05) is 24.7 Å². The largest absolute Gasteiger partial charge is 0.458 e. The van der Waals surface area contributed by atoms with E-state index in [-0.39, 0.29) is 29.8 Å². The van der Waals surface area contributed by atoms with E-state index in [9.17, 15) is 19.2 Å². The van der Waals surface area contributed by atoms with E-state index in [4.69, 9.17) is 20.2 Å². The molecule has 212 valence electrons. The molecule has 0 radical (unpaired) electrons. The Balaban J connectivity index is 1.43. The maximum atomic E-state index is 13.8. The Bertz CT molecular complexity index is 1700. The molecule has 3 aliphatic rings. The number of carbonyl (C=O) groups is 3. The summed E-state index contributed by atoms with van der Waals surface area (Å²) in [6, 6.07) is 7.47. The number of nitrogens with zero attached hydrogens (tertiary/aromatic N) is 5. The lowest BCUT2D eigenvalue weighted by atomic mass is 9.99. The third-order valence-electron chi connectivity index (χ3n) is 7.75. The molecule has 1 aromatic carbocycles. The molecule has 3 aliphatic heterocycles. The van der Waals surface area contributed by atoms with Gasteiger partial charge in [0.2, 0.25) is 12.0 Å². The number of ether oxygens (including phenoxy) is 2. The van der Waals surface area contributed by atoms with Gasteiger partial charge in [-0.25, -0.2) is 14.8 Å². The van der Waals surface area contributed by atoms with Crippen LogP contribution in [-0.4, -0.2) is 65.3 Å². The smallest absolute Gasteiger partial charge is 0.352 e. The van der Waals surface area contributed by atoms with Crippen molar-refractivity contribution in [2.24, 2.45) is 10.7 Å². The average molecular weight is 559 g/mol. The molecular weight excluding hydrogens is 528 g/mol. The number of hydrogen-bond acceptors (Lipinski definition) is 10. The fourth-order valence-electron chi connectivity index (χ4n) is 5.65. The second kappa shape index (κ2) is 10.4. The van der Waals surface area contributed by atoms with Gasteiger partial charge in [0.1, 0.15) is 13.2 Å². The second-order valence-corrected chi connectivity index (χ2v) is 10.4. The molecule has 0 aliphatic carbocycles. The third kappa shape index (κ3) is 4.44. The number of anilines is 1. The summed E-state index contributed by atoms with van der Waals surface area (Å²) in [5.74, 6) is -2.07. The fraction of sp³-hybridized carbons (Fsp3) is 0.379. The molecule has 1 unspecified atom stereocenters. The summed E-state index contributed by atoms with van der Waals surface area (Å²) in [7, 11) is 1.41. The summed E-state index contributed by atoms with van der Waals surface area (Å²) in [6.07, 6.45) is 3.56. The molecule has 2 aromatic heterocycles. The molecule has 2 N–H and O–H groups in total. The van der Waals surface area contributed by atoms with Gasteiger partial charge in [-0.3, -0.25) is 14.4 Å². The van der Waals surface area contributed by atoms with Gasteiger partial charge in [-0.2, -0.15) is 0 Å². The monoisotopic (exact) mass is 558 g/mol. The number of esters is 2. The number of nitrogens with two attached hydrogens (primary N) is 1. The summed E-state index contributed by atoms with van der Waals surface area (Å²) >= 11 is 0. The summed E-state index contributed by atoms with van der Waals surface area (Å²) in [5, 5.41) is 0.942. The fourth-order valence-corrected chi connectivity index (χ4v) is 5.65. The summed E-state index contributed by atoms with van der Waals surface area (Å²) < 4.78 is 12.3. The van der Waals surface area contributed by atoms with E-state index in [2.05, 4.69) is 16.8 Å². The van der Waals surface area contributed by atoms with Crippen LogP contribution in [0.2, 0.25) is 0 Å². The van der Waals surface area contributed by atoms with Gasteiger partial charge in [0.15, 0.2) is 0 Å². The van der Waals surface area contributed by atoms with Crippen molar-refractivity contribution < 1.29 is 23.9 Å². The Morgan fingerprint density at radius 2 is 2.05 bits per heavy atom. The van der Waals surface area contributed by atoms with Crippen LogP contribution in [0.1, 0.15) is 49.0 Å². The van der Waals surface area contributed by atoms with E-state index in [1.54, 1.807) is 10.6 Å². The van der Waals surface area contributed by atoms with Crippen LogP contribution >= 0.6 is 0 Å². The number of aromatic nitrogens is 2. The van der Waals surface area contributed by atoms with Crippen molar-refractivity contribution in [1.82, 2.24) is 14.5 Å². The molecule has 41 heavy (non-hydrogen) atoms. The summed E-state index contributed by atoms with van der Waals surface area (Å²) in [6.45, 7) is 2.32. The topological polar surface area (TPSA) is 149 Å². The number of aliphatic imine (C=N–C) groups is 1. The minimum Gasteiger partial charge on any atom is -0.458 e. The molecule has 12 heteroatoms. The normalized spacial score (nSPS) is 16.2. The van der Waals surface area contributed by atoms with Crippen molar-refractivity contribution in [2.75, 3.05) is 31.6 Å². The molecule has 12 nitrogen and oxygen atoms in total. The number of carbonyl (C=O) groups excluding carboxylic acids is 3. The molecule has 0 bridgehead atoms. The van der Waals surface area contributed by atoms with Gasteiger partial charge in [0.25, 0.3) is 5.56 Å². The number of fused-ring (bicyclic) bond motifs is 5. The molecule has 5 heterocycles. The number of unbranched alkanes of at least 4 members (excludes halogenated alkanes) is 2. The molecule has 0 spiro atoms. The highest BCUT2D eigenvalue weighted by molar-refractivity contribution is 6.11. The van der Waals surface area contributed by atoms with Crippen LogP contribution in [0.25, 0.3) is 22.3 Å². The van der Waals surface area contributed by atoms with Crippen molar-refractivity contribution in [3.05, 3.63) is 51.3 Å². The highest BCUT2D eigenvalue weighted by Gasteiger charge is 2.39. The highest BCUT2D eigenvalue weighted by Crippen LogP contribution is 2.46. The van der Waals surface area contributed by atoms with Gasteiger partial charge in [0.05, 0.1) is 58.7 Å². The van der Waals surface area contributed by atoms with E-state index in [1.165, 1.54) is 7.05 Å². The van der Waals surface area contributed by atoms with Crippen molar-refractivity contribution in [3.63, 3.8) is 0 Å². The second-order valence-electron chi connectivity index (χ2n) is 10.4.